The Morgan fingerprint density at radius 2 is 2.09 bits per heavy atom. The number of rotatable bonds is 2. The van der Waals surface area contributed by atoms with Crippen LogP contribution in [0.15, 0.2) is 48.8 Å². The predicted octanol–water partition coefficient (Wildman–Crippen LogP) is 2.94. The van der Waals surface area contributed by atoms with E-state index in [0.29, 0.717) is 17.1 Å². The van der Waals surface area contributed by atoms with Crippen molar-refractivity contribution in [3.05, 3.63) is 64.9 Å². The Morgan fingerprint density at radius 3 is 2.82 bits per heavy atom. The zero-order valence-corrected chi connectivity index (χ0v) is 13.5. The summed E-state index contributed by atoms with van der Waals surface area (Å²) in [5, 5.41) is 3.82. The Kier molecular flexibility index (Phi) is 5.77. The molecule has 4 nitrogen and oxygen atoms in total. The second-order valence-corrected chi connectivity index (χ2v) is 5.39. The highest BCUT2D eigenvalue weighted by Crippen LogP contribution is 2.25. The molecule has 116 valence electrons. The van der Waals surface area contributed by atoms with Crippen molar-refractivity contribution in [2.75, 3.05) is 19.6 Å². The maximum Gasteiger partial charge on any atom is 0.255 e. The van der Waals surface area contributed by atoms with Crippen LogP contribution in [0, 0.1) is 0 Å². The van der Waals surface area contributed by atoms with Crippen molar-refractivity contribution in [3.63, 3.8) is 0 Å². The monoisotopic (exact) mass is 337 g/mol. The minimum Gasteiger partial charge on any atom is -0.329 e. The lowest BCUT2D eigenvalue weighted by Crippen LogP contribution is -2.48. The molecule has 22 heavy (non-hydrogen) atoms. The molecule has 2 aromatic rings. The van der Waals surface area contributed by atoms with Crippen molar-refractivity contribution >= 4 is 29.9 Å². The van der Waals surface area contributed by atoms with Crippen LogP contribution in [0.2, 0.25) is 5.02 Å². The Labute approximate surface area is 140 Å². The van der Waals surface area contributed by atoms with E-state index in [1.807, 2.05) is 35.4 Å². The molecular weight excluding hydrogens is 321 g/mol. The second-order valence-electron chi connectivity index (χ2n) is 4.98. The molecule has 1 N–H and O–H groups in total. The summed E-state index contributed by atoms with van der Waals surface area (Å²) in [7, 11) is 0. The largest absolute Gasteiger partial charge is 0.329 e. The molecule has 1 atom stereocenters. The van der Waals surface area contributed by atoms with Crippen molar-refractivity contribution in [3.8, 4) is 0 Å². The smallest absolute Gasteiger partial charge is 0.255 e. The van der Waals surface area contributed by atoms with Gasteiger partial charge in [-0.15, -0.1) is 12.4 Å². The molecule has 2 heterocycles. The summed E-state index contributed by atoms with van der Waals surface area (Å²) in [4.78, 5) is 18.8. The van der Waals surface area contributed by atoms with Crippen LogP contribution in [0.5, 0.6) is 0 Å². The number of carbonyl (C=O) groups excluding carboxylic acids is 1. The first-order chi connectivity index (χ1) is 10.3. The predicted molar refractivity (Wildman–Crippen MR) is 89.6 cm³/mol. The standard InChI is InChI=1S/C16H16ClN3O.ClH/c17-14-6-2-1-5-13(14)16(21)20-9-8-19-11-15(20)12-4-3-7-18-10-12;/h1-7,10,15,19H,8-9,11H2;1H. The second kappa shape index (κ2) is 7.58. The normalized spacial score (nSPS) is 17.7. The van der Waals surface area contributed by atoms with Gasteiger partial charge in [-0.25, -0.2) is 0 Å². The summed E-state index contributed by atoms with van der Waals surface area (Å²) < 4.78 is 0. The highest BCUT2D eigenvalue weighted by molar-refractivity contribution is 6.33. The number of nitrogens with one attached hydrogen (secondary N) is 1. The highest BCUT2D eigenvalue weighted by Gasteiger charge is 2.29. The van der Waals surface area contributed by atoms with Gasteiger partial charge in [0.15, 0.2) is 0 Å². The van der Waals surface area contributed by atoms with E-state index in [1.54, 1.807) is 18.3 Å². The zero-order chi connectivity index (χ0) is 14.7. The van der Waals surface area contributed by atoms with Crippen LogP contribution in [0.3, 0.4) is 0 Å². The molecule has 1 aromatic carbocycles. The molecule has 1 fully saturated rings. The van der Waals surface area contributed by atoms with Gasteiger partial charge in [0.2, 0.25) is 0 Å². The average Bonchev–Trinajstić information content (AvgIpc) is 2.55. The quantitative estimate of drug-likeness (QED) is 0.916. The van der Waals surface area contributed by atoms with Gasteiger partial charge in [0.05, 0.1) is 16.6 Å². The molecule has 1 aromatic heterocycles. The Morgan fingerprint density at radius 1 is 1.27 bits per heavy atom. The fourth-order valence-electron chi connectivity index (χ4n) is 2.61. The van der Waals surface area contributed by atoms with Crippen LogP contribution < -0.4 is 5.32 Å². The first-order valence-electron chi connectivity index (χ1n) is 6.93. The SMILES string of the molecule is Cl.O=C(c1ccccc1Cl)N1CCNCC1c1cccnc1. The number of hydrogen-bond donors (Lipinski definition) is 1. The number of halogens is 2. The van der Waals surface area contributed by atoms with Crippen LogP contribution in [-0.4, -0.2) is 35.4 Å². The van der Waals surface area contributed by atoms with E-state index in [4.69, 9.17) is 11.6 Å². The molecule has 1 aliphatic heterocycles. The molecule has 1 saturated heterocycles. The van der Waals surface area contributed by atoms with Crippen LogP contribution in [0.4, 0.5) is 0 Å². The van der Waals surface area contributed by atoms with Gasteiger partial charge in [0.25, 0.3) is 5.91 Å². The van der Waals surface area contributed by atoms with E-state index in [9.17, 15) is 4.79 Å². The third kappa shape index (κ3) is 3.40. The van der Waals surface area contributed by atoms with Gasteiger partial charge in [0.1, 0.15) is 0 Å². The number of hydrogen-bond acceptors (Lipinski definition) is 3. The topological polar surface area (TPSA) is 45.2 Å². The lowest BCUT2D eigenvalue weighted by atomic mass is 10.0. The van der Waals surface area contributed by atoms with E-state index >= 15 is 0 Å². The van der Waals surface area contributed by atoms with Gasteiger partial charge in [-0.1, -0.05) is 29.8 Å². The highest BCUT2D eigenvalue weighted by atomic mass is 35.5. The summed E-state index contributed by atoms with van der Waals surface area (Å²) in [6, 6.07) is 11.1. The van der Waals surface area contributed by atoms with Crippen molar-refractivity contribution in [1.29, 1.82) is 0 Å². The number of piperazine rings is 1. The maximum atomic E-state index is 12.8. The molecule has 0 aliphatic carbocycles. The molecular formula is C16H17Cl2N3O. The van der Waals surface area contributed by atoms with E-state index in [2.05, 4.69) is 10.3 Å². The summed E-state index contributed by atoms with van der Waals surface area (Å²) in [5.74, 6) is -0.0315. The van der Waals surface area contributed by atoms with Crippen LogP contribution in [0.25, 0.3) is 0 Å². The van der Waals surface area contributed by atoms with Crippen LogP contribution >= 0.6 is 24.0 Å². The molecule has 1 unspecified atom stereocenters. The van der Waals surface area contributed by atoms with Crippen molar-refractivity contribution in [2.24, 2.45) is 0 Å². The lowest BCUT2D eigenvalue weighted by molar-refractivity contribution is 0.0634. The first-order valence-corrected chi connectivity index (χ1v) is 7.31. The number of pyridine rings is 1. The Balaban J connectivity index is 0.00000176. The molecule has 1 aliphatic rings. The van der Waals surface area contributed by atoms with Crippen molar-refractivity contribution in [2.45, 2.75) is 6.04 Å². The third-order valence-electron chi connectivity index (χ3n) is 3.68. The molecule has 3 rings (SSSR count). The Bertz CT molecular complexity index is 636. The van der Waals surface area contributed by atoms with Gasteiger partial charge in [-0.05, 0) is 23.8 Å². The van der Waals surface area contributed by atoms with Gasteiger partial charge in [-0.2, -0.15) is 0 Å². The number of carbonyl (C=O) groups is 1. The van der Waals surface area contributed by atoms with E-state index in [-0.39, 0.29) is 24.4 Å². The third-order valence-corrected chi connectivity index (χ3v) is 4.01. The number of amides is 1. The van der Waals surface area contributed by atoms with Crippen molar-refractivity contribution in [1.82, 2.24) is 15.2 Å². The Hall–Kier alpha value is -1.62. The molecule has 0 bridgehead atoms. The molecule has 0 radical (unpaired) electrons. The average molecular weight is 338 g/mol. The van der Waals surface area contributed by atoms with Gasteiger partial charge in [-0.3, -0.25) is 9.78 Å². The number of nitrogens with zero attached hydrogens (tertiary/aromatic N) is 2. The fraction of sp³-hybridized carbons (Fsp3) is 0.250. The zero-order valence-electron chi connectivity index (χ0n) is 11.9. The molecule has 0 saturated carbocycles. The fourth-order valence-corrected chi connectivity index (χ4v) is 2.82. The summed E-state index contributed by atoms with van der Waals surface area (Å²) in [5.41, 5.74) is 1.58. The maximum absolute atomic E-state index is 12.8. The summed E-state index contributed by atoms with van der Waals surface area (Å²) in [6.45, 7) is 2.17. The minimum atomic E-state index is -0.0315. The summed E-state index contributed by atoms with van der Waals surface area (Å²) in [6.07, 6.45) is 3.55. The molecule has 1 amide bonds. The van der Waals surface area contributed by atoms with Gasteiger partial charge < -0.3 is 10.2 Å². The van der Waals surface area contributed by atoms with Crippen LogP contribution in [0.1, 0.15) is 22.0 Å². The number of benzene rings is 1. The van der Waals surface area contributed by atoms with E-state index in [1.165, 1.54) is 0 Å². The lowest BCUT2D eigenvalue weighted by Gasteiger charge is -2.36. The van der Waals surface area contributed by atoms with Crippen LogP contribution in [-0.2, 0) is 0 Å². The van der Waals surface area contributed by atoms with E-state index < -0.39 is 0 Å². The van der Waals surface area contributed by atoms with Gasteiger partial charge >= 0.3 is 0 Å². The van der Waals surface area contributed by atoms with E-state index in [0.717, 1.165) is 18.7 Å². The minimum absolute atomic E-state index is 0. The summed E-state index contributed by atoms with van der Waals surface area (Å²) >= 11 is 6.16. The molecule has 6 heteroatoms. The van der Waals surface area contributed by atoms with Gasteiger partial charge in [0, 0.05) is 32.0 Å². The first kappa shape index (κ1) is 16.7. The number of aromatic nitrogens is 1. The molecule has 0 spiro atoms. The van der Waals surface area contributed by atoms with Crippen molar-refractivity contribution < 1.29 is 4.79 Å².